The Hall–Kier alpha value is -0.610. The van der Waals surface area contributed by atoms with Gasteiger partial charge in [0.2, 0.25) is 0 Å². The van der Waals surface area contributed by atoms with Gasteiger partial charge in [-0.2, -0.15) is 0 Å². The van der Waals surface area contributed by atoms with Gasteiger partial charge < -0.3 is 15.6 Å². The van der Waals surface area contributed by atoms with Gasteiger partial charge in [0, 0.05) is 12.6 Å². The maximum absolute atomic E-state index is 12.1. The lowest BCUT2D eigenvalue weighted by atomic mass is 10.2. The van der Waals surface area contributed by atoms with Crippen molar-refractivity contribution in [3.05, 3.63) is 21.0 Å². The lowest BCUT2D eigenvalue weighted by molar-refractivity contribution is -0.275. The zero-order valence-corrected chi connectivity index (χ0v) is 10.0. The average Bonchev–Trinajstić information content (AvgIpc) is 2.14. The first-order chi connectivity index (χ1) is 7.37. The molecule has 1 aromatic rings. The van der Waals surface area contributed by atoms with E-state index in [9.17, 15) is 13.2 Å². The van der Waals surface area contributed by atoms with E-state index in [1.807, 2.05) is 0 Å². The summed E-state index contributed by atoms with van der Waals surface area (Å²) in [6.07, 6.45) is -4.81. The Bertz CT molecular complexity index is 384. The summed E-state index contributed by atoms with van der Waals surface area (Å²) in [6.45, 7) is -0.586. The maximum Gasteiger partial charge on any atom is 0.573 e. The van der Waals surface area contributed by atoms with Crippen molar-refractivity contribution >= 4 is 22.6 Å². The van der Waals surface area contributed by atoms with Gasteiger partial charge in [-0.15, -0.1) is 13.2 Å². The molecule has 1 heterocycles. The lowest BCUT2D eigenvalue weighted by Gasteiger charge is -2.14. The van der Waals surface area contributed by atoms with Gasteiger partial charge in [-0.05, 0) is 22.6 Å². The molecule has 90 valence electrons. The van der Waals surface area contributed by atoms with Crippen LogP contribution < -0.4 is 10.5 Å². The van der Waals surface area contributed by atoms with Crippen molar-refractivity contribution in [3.63, 3.8) is 0 Å². The standard InChI is InChI=1S/C8H8F3IN2O2/c9-8(10,11)16-6-1-4(2-13)14-7(12)5(6)3-15/h1,15H,2-3,13H2. The van der Waals surface area contributed by atoms with Gasteiger partial charge in [0.05, 0.1) is 17.9 Å². The molecule has 1 aromatic heterocycles. The number of rotatable bonds is 3. The van der Waals surface area contributed by atoms with E-state index in [1.54, 1.807) is 22.6 Å². The van der Waals surface area contributed by atoms with Crippen molar-refractivity contribution in [2.75, 3.05) is 0 Å². The summed E-state index contributed by atoms with van der Waals surface area (Å²) in [6, 6.07) is 1.07. The lowest BCUT2D eigenvalue weighted by Crippen LogP contribution is -2.19. The summed E-state index contributed by atoms with van der Waals surface area (Å²) < 4.78 is 40.2. The maximum atomic E-state index is 12.1. The highest BCUT2D eigenvalue weighted by molar-refractivity contribution is 14.1. The van der Waals surface area contributed by atoms with Crippen molar-refractivity contribution in [2.24, 2.45) is 5.73 Å². The molecule has 0 aliphatic heterocycles. The Morgan fingerprint density at radius 2 is 2.12 bits per heavy atom. The zero-order chi connectivity index (χ0) is 12.3. The molecule has 8 heteroatoms. The number of aliphatic hydroxyl groups is 1. The minimum Gasteiger partial charge on any atom is -0.405 e. The average molecular weight is 348 g/mol. The molecule has 0 aliphatic rings. The Morgan fingerprint density at radius 1 is 1.50 bits per heavy atom. The number of alkyl halides is 3. The second-order valence-electron chi connectivity index (χ2n) is 2.79. The van der Waals surface area contributed by atoms with Gasteiger partial charge >= 0.3 is 6.36 Å². The topological polar surface area (TPSA) is 68.4 Å². The molecule has 0 amide bonds. The fourth-order valence-corrected chi connectivity index (χ4v) is 1.78. The van der Waals surface area contributed by atoms with Crippen LogP contribution in [-0.2, 0) is 13.2 Å². The quantitative estimate of drug-likeness (QED) is 0.642. The third-order valence-electron chi connectivity index (χ3n) is 1.68. The summed E-state index contributed by atoms with van der Waals surface area (Å²) in [5, 5.41) is 8.94. The summed E-state index contributed by atoms with van der Waals surface area (Å²) in [4.78, 5) is 3.91. The third-order valence-corrected chi connectivity index (χ3v) is 2.57. The number of aliphatic hydroxyl groups excluding tert-OH is 1. The van der Waals surface area contributed by atoms with Crippen LogP contribution in [0.25, 0.3) is 0 Å². The molecule has 0 spiro atoms. The number of halogens is 4. The van der Waals surface area contributed by atoms with Crippen LogP contribution in [0.15, 0.2) is 6.07 Å². The molecule has 4 nitrogen and oxygen atoms in total. The van der Waals surface area contributed by atoms with E-state index in [4.69, 9.17) is 10.8 Å². The Labute approximate surface area is 103 Å². The molecule has 0 bridgehead atoms. The molecular weight excluding hydrogens is 340 g/mol. The van der Waals surface area contributed by atoms with Gasteiger partial charge in [0.1, 0.15) is 9.45 Å². The fourth-order valence-electron chi connectivity index (χ4n) is 1.03. The van der Waals surface area contributed by atoms with Gasteiger partial charge in [-0.3, -0.25) is 0 Å². The normalized spacial score (nSPS) is 11.6. The van der Waals surface area contributed by atoms with E-state index in [1.165, 1.54) is 0 Å². The van der Waals surface area contributed by atoms with Crippen LogP contribution in [0, 0.1) is 3.70 Å². The zero-order valence-electron chi connectivity index (χ0n) is 7.88. The molecule has 0 aromatic carbocycles. The first-order valence-corrected chi connectivity index (χ1v) is 5.20. The number of ether oxygens (including phenoxy) is 1. The molecule has 0 unspecified atom stereocenters. The number of nitrogens with two attached hydrogens (primary N) is 1. The molecule has 1 rings (SSSR count). The Balaban J connectivity index is 3.18. The minimum atomic E-state index is -4.81. The van der Waals surface area contributed by atoms with E-state index in [0.29, 0.717) is 0 Å². The highest BCUT2D eigenvalue weighted by atomic mass is 127. The summed E-state index contributed by atoms with van der Waals surface area (Å²) in [5.74, 6) is -0.463. The number of hydrogen-bond donors (Lipinski definition) is 2. The first kappa shape index (κ1) is 13.5. The molecule has 0 atom stereocenters. The molecule has 0 aliphatic carbocycles. The van der Waals surface area contributed by atoms with Crippen molar-refractivity contribution in [2.45, 2.75) is 19.5 Å². The Kier molecular flexibility index (Phi) is 4.33. The fraction of sp³-hybridized carbons (Fsp3) is 0.375. The largest absolute Gasteiger partial charge is 0.573 e. The van der Waals surface area contributed by atoms with Crippen molar-refractivity contribution in [1.29, 1.82) is 0 Å². The predicted molar refractivity (Wildman–Crippen MR) is 57.5 cm³/mol. The van der Waals surface area contributed by atoms with E-state index in [2.05, 4.69) is 9.72 Å². The first-order valence-electron chi connectivity index (χ1n) is 4.12. The highest BCUT2D eigenvalue weighted by Gasteiger charge is 2.32. The van der Waals surface area contributed by atoms with E-state index in [0.717, 1.165) is 6.07 Å². The molecule has 3 N–H and O–H groups in total. The van der Waals surface area contributed by atoms with Crippen molar-refractivity contribution in [1.82, 2.24) is 4.98 Å². The molecular formula is C8H8F3IN2O2. The summed E-state index contributed by atoms with van der Waals surface area (Å²) in [7, 11) is 0. The van der Waals surface area contributed by atoms with Crippen LogP contribution in [-0.4, -0.2) is 16.5 Å². The van der Waals surface area contributed by atoms with Crippen LogP contribution in [0.2, 0.25) is 0 Å². The van der Waals surface area contributed by atoms with Gasteiger partial charge in [-0.25, -0.2) is 4.98 Å². The molecule has 0 saturated carbocycles. The van der Waals surface area contributed by atoms with Crippen molar-refractivity contribution < 1.29 is 23.0 Å². The summed E-state index contributed by atoms with van der Waals surface area (Å²) >= 11 is 1.71. The smallest absolute Gasteiger partial charge is 0.405 e. The van der Waals surface area contributed by atoms with Crippen LogP contribution in [0.5, 0.6) is 5.75 Å². The minimum absolute atomic E-state index is 0.00404. The SMILES string of the molecule is NCc1cc(OC(F)(F)F)c(CO)c(I)n1. The predicted octanol–water partition coefficient (Wildman–Crippen LogP) is 1.54. The number of aromatic nitrogens is 1. The van der Waals surface area contributed by atoms with Gasteiger partial charge in [0.25, 0.3) is 0 Å². The monoisotopic (exact) mass is 348 g/mol. The van der Waals surface area contributed by atoms with Crippen LogP contribution in [0.1, 0.15) is 11.3 Å². The van der Waals surface area contributed by atoms with Gasteiger partial charge in [-0.1, -0.05) is 0 Å². The van der Waals surface area contributed by atoms with E-state index in [-0.39, 0.29) is 21.5 Å². The summed E-state index contributed by atoms with van der Waals surface area (Å²) in [5.41, 5.74) is 5.54. The van der Waals surface area contributed by atoms with Gasteiger partial charge in [0.15, 0.2) is 0 Å². The number of hydrogen-bond acceptors (Lipinski definition) is 4. The van der Waals surface area contributed by atoms with Crippen molar-refractivity contribution in [3.8, 4) is 5.75 Å². The molecule has 0 radical (unpaired) electrons. The second kappa shape index (κ2) is 5.15. The van der Waals surface area contributed by atoms with E-state index < -0.39 is 18.7 Å². The third kappa shape index (κ3) is 3.46. The number of nitrogens with zero attached hydrogens (tertiary/aromatic N) is 1. The second-order valence-corrected chi connectivity index (χ2v) is 3.81. The van der Waals surface area contributed by atoms with E-state index >= 15 is 0 Å². The van der Waals surface area contributed by atoms with Crippen LogP contribution in [0.3, 0.4) is 0 Å². The molecule has 0 fully saturated rings. The van der Waals surface area contributed by atoms with Crippen LogP contribution in [0.4, 0.5) is 13.2 Å². The van der Waals surface area contributed by atoms with Crippen LogP contribution >= 0.6 is 22.6 Å². The molecule has 16 heavy (non-hydrogen) atoms. The number of pyridine rings is 1. The highest BCUT2D eigenvalue weighted by Crippen LogP contribution is 2.29. The molecule has 0 saturated heterocycles. The Morgan fingerprint density at radius 3 is 2.56 bits per heavy atom.